The third-order valence-corrected chi connectivity index (χ3v) is 7.55. The molecular weight excluding hydrogens is 490 g/mol. The fourth-order valence-electron chi connectivity index (χ4n) is 3.76. The number of anilines is 1. The van der Waals surface area contributed by atoms with Crippen LogP contribution in [-0.4, -0.2) is 50.9 Å². The normalized spacial score (nSPS) is 12.0. The SMILES string of the molecule is COc1ccc(N(CC(=O)N(Cc2ccccc2)[C@@H](C)C(=O)NC(C)C)S(=O)(=O)c2ccccc2)cc1. The molecule has 1 N–H and O–H groups in total. The van der Waals surface area contributed by atoms with Gasteiger partial charge < -0.3 is 15.0 Å². The van der Waals surface area contributed by atoms with Crippen LogP contribution in [0.2, 0.25) is 0 Å². The van der Waals surface area contributed by atoms with E-state index in [9.17, 15) is 18.0 Å². The summed E-state index contributed by atoms with van der Waals surface area (Å²) in [7, 11) is -2.58. The minimum absolute atomic E-state index is 0.0545. The van der Waals surface area contributed by atoms with Gasteiger partial charge in [0.25, 0.3) is 10.0 Å². The van der Waals surface area contributed by atoms with Crippen molar-refractivity contribution < 1.29 is 22.7 Å². The fourth-order valence-corrected chi connectivity index (χ4v) is 5.20. The van der Waals surface area contributed by atoms with E-state index in [2.05, 4.69) is 5.32 Å². The van der Waals surface area contributed by atoms with Crippen molar-refractivity contribution in [2.75, 3.05) is 18.0 Å². The molecule has 0 saturated heterocycles. The minimum Gasteiger partial charge on any atom is -0.497 e. The van der Waals surface area contributed by atoms with Crippen molar-refractivity contribution in [3.63, 3.8) is 0 Å². The highest BCUT2D eigenvalue weighted by Gasteiger charge is 2.32. The van der Waals surface area contributed by atoms with E-state index in [1.54, 1.807) is 49.4 Å². The van der Waals surface area contributed by atoms with Crippen molar-refractivity contribution in [1.29, 1.82) is 0 Å². The highest BCUT2D eigenvalue weighted by atomic mass is 32.2. The molecule has 0 spiro atoms. The Labute approximate surface area is 218 Å². The maximum Gasteiger partial charge on any atom is 0.264 e. The number of rotatable bonds is 11. The number of sulfonamides is 1. The van der Waals surface area contributed by atoms with Crippen LogP contribution in [0.3, 0.4) is 0 Å². The van der Waals surface area contributed by atoms with E-state index in [1.165, 1.54) is 24.1 Å². The predicted molar refractivity (Wildman–Crippen MR) is 144 cm³/mol. The van der Waals surface area contributed by atoms with Gasteiger partial charge in [-0.25, -0.2) is 8.42 Å². The Morgan fingerprint density at radius 1 is 0.865 bits per heavy atom. The second-order valence-electron chi connectivity index (χ2n) is 8.87. The Morgan fingerprint density at radius 3 is 1.97 bits per heavy atom. The first kappa shape index (κ1) is 27.7. The van der Waals surface area contributed by atoms with Gasteiger partial charge >= 0.3 is 0 Å². The first-order valence-corrected chi connectivity index (χ1v) is 13.4. The number of benzene rings is 3. The molecular formula is C28H33N3O5S. The van der Waals surface area contributed by atoms with E-state index >= 15 is 0 Å². The molecule has 0 fully saturated rings. The summed E-state index contributed by atoms with van der Waals surface area (Å²) in [6.45, 7) is 4.98. The molecule has 3 aromatic rings. The Hall–Kier alpha value is -3.85. The zero-order chi connectivity index (χ0) is 27.0. The van der Waals surface area contributed by atoms with Gasteiger partial charge in [-0.15, -0.1) is 0 Å². The highest BCUT2D eigenvalue weighted by Crippen LogP contribution is 2.26. The van der Waals surface area contributed by atoms with Gasteiger partial charge in [0, 0.05) is 12.6 Å². The summed E-state index contributed by atoms with van der Waals surface area (Å²) in [5, 5.41) is 2.84. The van der Waals surface area contributed by atoms with Gasteiger partial charge in [-0.2, -0.15) is 0 Å². The average Bonchev–Trinajstić information content (AvgIpc) is 2.90. The molecule has 0 saturated carbocycles. The summed E-state index contributed by atoms with van der Waals surface area (Å²) >= 11 is 0. The lowest BCUT2D eigenvalue weighted by atomic mass is 10.1. The number of amides is 2. The molecule has 0 bridgehead atoms. The van der Waals surface area contributed by atoms with Gasteiger partial charge in [0.1, 0.15) is 18.3 Å². The molecule has 0 aromatic heterocycles. The maximum atomic E-state index is 13.8. The second-order valence-corrected chi connectivity index (χ2v) is 10.7. The largest absolute Gasteiger partial charge is 0.497 e. The van der Waals surface area contributed by atoms with Gasteiger partial charge in [0.05, 0.1) is 17.7 Å². The van der Waals surface area contributed by atoms with Crippen molar-refractivity contribution in [3.8, 4) is 5.75 Å². The number of ether oxygens (including phenoxy) is 1. The summed E-state index contributed by atoms with van der Waals surface area (Å²) in [6, 6.07) is 22.7. The average molecular weight is 524 g/mol. The molecule has 2 amide bonds. The van der Waals surface area contributed by atoms with Crippen LogP contribution in [0.15, 0.2) is 89.8 Å². The van der Waals surface area contributed by atoms with E-state index in [4.69, 9.17) is 4.74 Å². The van der Waals surface area contributed by atoms with Crippen LogP contribution in [0.5, 0.6) is 5.75 Å². The third kappa shape index (κ3) is 7.10. The van der Waals surface area contributed by atoms with Crippen LogP contribution < -0.4 is 14.4 Å². The topological polar surface area (TPSA) is 96.0 Å². The predicted octanol–water partition coefficient (Wildman–Crippen LogP) is 3.83. The molecule has 0 unspecified atom stereocenters. The van der Waals surface area contributed by atoms with Crippen LogP contribution in [-0.2, 0) is 26.2 Å². The maximum absolute atomic E-state index is 13.8. The fraction of sp³-hybridized carbons (Fsp3) is 0.286. The summed E-state index contributed by atoms with van der Waals surface area (Å²) in [6.07, 6.45) is 0. The standard InChI is InChI=1S/C28H33N3O5S/c1-21(2)29-28(33)22(3)30(19-23-11-7-5-8-12-23)27(32)20-31(24-15-17-25(36-4)18-16-24)37(34,35)26-13-9-6-10-14-26/h5-18,21-22H,19-20H2,1-4H3,(H,29,33)/t22-/m0/s1. The Balaban J connectivity index is 2.01. The van der Waals surface area contributed by atoms with Gasteiger partial charge in [0.15, 0.2) is 0 Å². The molecule has 8 nitrogen and oxygen atoms in total. The monoisotopic (exact) mass is 523 g/mol. The van der Waals surface area contributed by atoms with E-state index in [0.717, 1.165) is 9.87 Å². The molecule has 9 heteroatoms. The lowest BCUT2D eigenvalue weighted by Crippen LogP contribution is -2.52. The van der Waals surface area contributed by atoms with Gasteiger partial charge in [-0.1, -0.05) is 48.5 Å². The molecule has 0 aliphatic heterocycles. The molecule has 3 aromatic carbocycles. The highest BCUT2D eigenvalue weighted by molar-refractivity contribution is 7.92. The quantitative estimate of drug-likeness (QED) is 0.412. The van der Waals surface area contributed by atoms with Crippen molar-refractivity contribution in [1.82, 2.24) is 10.2 Å². The molecule has 0 aliphatic carbocycles. The van der Waals surface area contributed by atoms with Gasteiger partial charge in [-0.3, -0.25) is 13.9 Å². The number of nitrogens with zero attached hydrogens (tertiary/aromatic N) is 2. The lowest BCUT2D eigenvalue weighted by Gasteiger charge is -2.32. The second kappa shape index (κ2) is 12.4. The molecule has 0 heterocycles. The molecule has 196 valence electrons. The van der Waals surface area contributed by atoms with Crippen molar-refractivity contribution in [2.24, 2.45) is 0 Å². The van der Waals surface area contributed by atoms with E-state index in [1.807, 2.05) is 44.2 Å². The smallest absolute Gasteiger partial charge is 0.264 e. The zero-order valence-electron chi connectivity index (χ0n) is 21.5. The van der Waals surface area contributed by atoms with Gasteiger partial charge in [-0.05, 0) is 62.7 Å². The molecule has 37 heavy (non-hydrogen) atoms. The third-order valence-electron chi connectivity index (χ3n) is 5.76. The van der Waals surface area contributed by atoms with Crippen LogP contribution in [0.4, 0.5) is 5.69 Å². The van der Waals surface area contributed by atoms with Crippen molar-refractivity contribution in [3.05, 3.63) is 90.5 Å². The Morgan fingerprint density at radius 2 is 1.43 bits per heavy atom. The van der Waals surface area contributed by atoms with Gasteiger partial charge in [0.2, 0.25) is 11.8 Å². The van der Waals surface area contributed by atoms with Crippen LogP contribution in [0.25, 0.3) is 0 Å². The number of hydrogen-bond donors (Lipinski definition) is 1. The first-order valence-electron chi connectivity index (χ1n) is 12.0. The Kier molecular flexibility index (Phi) is 9.30. The summed E-state index contributed by atoms with van der Waals surface area (Å²) in [4.78, 5) is 28.1. The first-order chi connectivity index (χ1) is 17.6. The molecule has 0 aliphatic rings. The van der Waals surface area contributed by atoms with Crippen LogP contribution in [0, 0.1) is 0 Å². The Bertz CT molecular complexity index is 1280. The molecule has 0 radical (unpaired) electrons. The van der Waals surface area contributed by atoms with E-state index < -0.39 is 28.5 Å². The molecule has 1 atom stereocenters. The lowest BCUT2D eigenvalue weighted by molar-refractivity contribution is -0.139. The number of carbonyl (C=O) groups excluding carboxylic acids is 2. The number of nitrogens with one attached hydrogen (secondary N) is 1. The minimum atomic E-state index is -4.10. The summed E-state index contributed by atoms with van der Waals surface area (Å²) in [5.74, 6) is -0.274. The van der Waals surface area contributed by atoms with Crippen LogP contribution in [0.1, 0.15) is 26.3 Å². The molecule has 3 rings (SSSR count). The van der Waals surface area contributed by atoms with E-state index in [-0.39, 0.29) is 23.4 Å². The number of hydrogen-bond acceptors (Lipinski definition) is 5. The zero-order valence-corrected chi connectivity index (χ0v) is 22.3. The summed E-state index contributed by atoms with van der Waals surface area (Å²) in [5.41, 5.74) is 1.12. The van der Waals surface area contributed by atoms with Crippen molar-refractivity contribution >= 4 is 27.5 Å². The van der Waals surface area contributed by atoms with Crippen molar-refractivity contribution in [2.45, 2.75) is 44.3 Å². The number of methoxy groups -OCH3 is 1. The summed E-state index contributed by atoms with van der Waals surface area (Å²) < 4.78 is 33.7. The number of carbonyl (C=O) groups is 2. The van der Waals surface area contributed by atoms with Crippen LogP contribution >= 0.6 is 0 Å². The van der Waals surface area contributed by atoms with E-state index in [0.29, 0.717) is 11.4 Å².